The lowest BCUT2D eigenvalue weighted by atomic mass is 9.98. The molecule has 0 bridgehead atoms. The maximum Gasteiger partial charge on any atom is 0.490 e. The van der Waals surface area contributed by atoms with Gasteiger partial charge in [-0.05, 0) is 49.6 Å². The zero-order chi connectivity index (χ0) is 21.6. The normalized spacial score (nSPS) is 15.5. The van der Waals surface area contributed by atoms with E-state index in [4.69, 9.17) is 27.2 Å². The van der Waals surface area contributed by atoms with E-state index in [1.807, 2.05) is 23.2 Å². The van der Waals surface area contributed by atoms with Crippen LogP contribution in [0.5, 0.6) is 0 Å². The first-order valence-corrected chi connectivity index (χ1v) is 9.10. The standard InChI is InChI=1S/C16H19ClN4O.C2HF3O2/c17-13-2-4-14-12(9-13)1-3-15(19-14)16(22)20-21-7-5-11(10-18)6-8-21;3-2(4,5)1(6)7/h1-4,9,11H,5-8,10,18H2,(H,20,22);(H,6,7). The molecule has 1 aliphatic heterocycles. The monoisotopic (exact) mass is 432 g/mol. The molecule has 11 heteroatoms. The minimum atomic E-state index is -5.08. The lowest BCUT2D eigenvalue weighted by Crippen LogP contribution is -2.47. The van der Waals surface area contributed by atoms with Gasteiger partial charge in [0.1, 0.15) is 5.69 Å². The van der Waals surface area contributed by atoms with Crippen molar-refractivity contribution in [3.8, 4) is 0 Å². The number of rotatable bonds is 3. The lowest BCUT2D eigenvalue weighted by Gasteiger charge is -2.31. The number of carboxylic acid groups (broad SMARTS) is 1. The van der Waals surface area contributed by atoms with Gasteiger partial charge in [-0.1, -0.05) is 17.7 Å². The third kappa shape index (κ3) is 6.84. The van der Waals surface area contributed by atoms with Crippen LogP contribution in [-0.4, -0.2) is 52.8 Å². The molecule has 4 N–H and O–H groups in total. The molecule has 0 spiro atoms. The van der Waals surface area contributed by atoms with Gasteiger partial charge in [0.05, 0.1) is 5.52 Å². The largest absolute Gasteiger partial charge is 0.490 e. The second-order valence-electron chi connectivity index (χ2n) is 6.44. The Labute approximate surface area is 169 Å². The first kappa shape index (κ1) is 22.9. The highest BCUT2D eigenvalue weighted by atomic mass is 35.5. The summed E-state index contributed by atoms with van der Waals surface area (Å²) in [6.45, 7) is 2.38. The average molecular weight is 433 g/mol. The highest BCUT2D eigenvalue weighted by Crippen LogP contribution is 2.19. The molecule has 1 aliphatic rings. The summed E-state index contributed by atoms with van der Waals surface area (Å²) in [5.41, 5.74) is 9.78. The van der Waals surface area contributed by atoms with Gasteiger partial charge in [-0.15, -0.1) is 0 Å². The van der Waals surface area contributed by atoms with Gasteiger partial charge < -0.3 is 10.8 Å². The van der Waals surface area contributed by atoms with E-state index >= 15 is 0 Å². The van der Waals surface area contributed by atoms with Crippen LogP contribution in [0.4, 0.5) is 13.2 Å². The SMILES string of the molecule is NCC1CCN(NC(=O)c2ccc3cc(Cl)ccc3n2)CC1.O=C(O)C(F)(F)F. The molecule has 158 valence electrons. The van der Waals surface area contributed by atoms with Gasteiger partial charge in [0.25, 0.3) is 5.91 Å². The number of carboxylic acids is 1. The van der Waals surface area contributed by atoms with Crippen LogP contribution in [0, 0.1) is 5.92 Å². The number of aliphatic carboxylic acids is 1. The average Bonchev–Trinajstić information content (AvgIpc) is 2.67. The fourth-order valence-electron chi connectivity index (χ4n) is 2.70. The molecule has 0 radical (unpaired) electrons. The van der Waals surface area contributed by atoms with Gasteiger partial charge >= 0.3 is 12.1 Å². The number of benzene rings is 1. The Bertz CT molecular complexity index is 871. The molecular weight excluding hydrogens is 413 g/mol. The van der Waals surface area contributed by atoms with Gasteiger partial charge in [0.15, 0.2) is 0 Å². The predicted octanol–water partition coefficient (Wildman–Crippen LogP) is 2.84. The van der Waals surface area contributed by atoms with Crippen LogP contribution in [-0.2, 0) is 4.79 Å². The summed E-state index contributed by atoms with van der Waals surface area (Å²) in [5, 5.41) is 10.7. The fourth-order valence-corrected chi connectivity index (χ4v) is 2.88. The molecule has 1 fully saturated rings. The molecule has 29 heavy (non-hydrogen) atoms. The van der Waals surface area contributed by atoms with Crippen LogP contribution >= 0.6 is 11.6 Å². The van der Waals surface area contributed by atoms with Crippen molar-refractivity contribution in [2.45, 2.75) is 19.0 Å². The smallest absolute Gasteiger partial charge is 0.475 e. The van der Waals surface area contributed by atoms with Crippen molar-refractivity contribution in [2.24, 2.45) is 11.7 Å². The van der Waals surface area contributed by atoms with Crippen LogP contribution < -0.4 is 11.2 Å². The molecule has 1 aromatic heterocycles. The van der Waals surface area contributed by atoms with Crippen molar-refractivity contribution in [1.82, 2.24) is 15.4 Å². The van der Waals surface area contributed by atoms with E-state index in [9.17, 15) is 18.0 Å². The lowest BCUT2D eigenvalue weighted by molar-refractivity contribution is -0.192. The minimum absolute atomic E-state index is 0.178. The molecule has 2 aromatic rings. The number of carbonyl (C=O) groups excluding carboxylic acids is 1. The van der Waals surface area contributed by atoms with Crippen LogP contribution in [0.25, 0.3) is 10.9 Å². The van der Waals surface area contributed by atoms with Gasteiger partial charge in [-0.3, -0.25) is 10.2 Å². The summed E-state index contributed by atoms with van der Waals surface area (Å²) in [5.74, 6) is -2.37. The number of hydrogen-bond acceptors (Lipinski definition) is 5. The molecular formula is C18H20ClF3N4O3. The topological polar surface area (TPSA) is 109 Å². The summed E-state index contributed by atoms with van der Waals surface area (Å²) < 4.78 is 31.7. The number of nitrogens with two attached hydrogens (primary N) is 1. The van der Waals surface area contributed by atoms with E-state index in [0.29, 0.717) is 16.6 Å². The molecule has 0 unspecified atom stereocenters. The van der Waals surface area contributed by atoms with E-state index in [2.05, 4.69) is 10.4 Å². The first-order chi connectivity index (χ1) is 13.6. The van der Waals surface area contributed by atoms with Crippen molar-refractivity contribution in [3.05, 3.63) is 41.0 Å². The van der Waals surface area contributed by atoms with Crippen LogP contribution in [0.1, 0.15) is 23.3 Å². The number of nitrogens with one attached hydrogen (secondary N) is 1. The molecule has 1 aromatic carbocycles. The number of carbonyl (C=O) groups is 2. The Hall–Kier alpha value is -2.43. The second-order valence-corrected chi connectivity index (χ2v) is 6.88. The highest BCUT2D eigenvalue weighted by Gasteiger charge is 2.38. The number of piperidine rings is 1. The number of alkyl halides is 3. The number of aromatic nitrogens is 1. The summed E-state index contributed by atoms with van der Waals surface area (Å²) in [7, 11) is 0. The highest BCUT2D eigenvalue weighted by molar-refractivity contribution is 6.31. The van der Waals surface area contributed by atoms with Gasteiger partial charge in [-0.2, -0.15) is 13.2 Å². The summed E-state index contributed by atoms with van der Waals surface area (Å²) in [6, 6.07) is 9.02. The maximum atomic E-state index is 12.3. The van der Waals surface area contributed by atoms with Crippen molar-refractivity contribution in [1.29, 1.82) is 0 Å². The van der Waals surface area contributed by atoms with Crippen LogP contribution in [0.2, 0.25) is 5.02 Å². The van der Waals surface area contributed by atoms with E-state index < -0.39 is 12.1 Å². The zero-order valence-corrected chi connectivity index (χ0v) is 16.0. The number of halogens is 4. The Balaban J connectivity index is 0.000000370. The molecule has 3 rings (SSSR count). The fraction of sp³-hybridized carbons (Fsp3) is 0.389. The van der Waals surface area contributed by atoms with Crippen molar-refractivity contribution < 1.29 is 27.9 Å². The quantitative estimate of drug-likeness (QED) is 0.688. The second kappa shape index (κ2) is 9.86. The van der Waals surface area contributed by atoms with E-state index in [1.54, 1.807) is 12.1 Å². The first-order valence-electron chi connectivity index (χ1n) is 8.72. The van der Waals surface area contributed by atoms with Crippen molar-refractivity contribution in [3.63, 3.8) is 0 Å². The molecule has 0 atom stereocenters. The predicted molar refractivity (Wildman–Crippen MR) is 101 cm³/mol. The van der Waals surface area contributed by atoms with Gasteiger partial charge in [0.2, 0.25) is 0 Å². The van der Waals surface area contributed by atoms with Gasteiger partial charge in [0, 0.05) is 23.5 Å². The number of hydrogen-bond donors (Lipinski definition) is 3. The number of amides is 1. The minimum Gasteiger partial charge on any atom is -0.475 e. The maximum absolute atomic E-state index is 12.3. The van der Waals surface area contributed by atoms with Crippen LogP contribution in [0.15, 0.2) is 30.3 Å². The molecule has 1 saturated heterocycles. The third-order valence-corrected chi connectivity index (χ3v) is 4.57. The van der Waals surface area contributed by atoms with E-state index in [0.717, 1.165) is 43.4 Å². The molecule has 1 amide bonds. The van der Waals surface area contributed by atoms with E-state index in [1.165, 1.54) is 0 Å². The van der Waals surface area contributed by atoms with Crippen LogP contribution in [0.3, 0.4) is 0 Å². The Morgan fingerprint density at radius 1 is 1.24 bits per heavy atom. The molecule has 7 nitrogen and oxygen atoms in total. The van der Waals surface area contributed by atoms with Crippen molar-refractivity contribution in [2.75, 3.05) is 19.6 Å². The van der Waals surface area contributed by atoms with Crippen molar-refractivity contribution >= 4 is 34.4 Å². The Morgan fingerprint density at radius 3 is 2.41 bits per heavy atom. The number of pyridine rings is 1. The third-order valence-electron chi connectivity index (χ3n) is 4.33. The molecule has 0 aliphatic carbocycles. The number of nitrogens with zero attached hydrogens (tertiary/aromatic N) is 2. The van der Waals surface area contributed by atoms with Gasteiger partial charge in [-0.25, -0.2) is 14.8 Å². The Kier molecular flexibility index (Phi) is 7.77. The summed E-state index contributed by atoms with van der Waals surface area (Å²) >= 11 is 5.95. The summed E-state index contributed by atoms with van der Waals surface area (Å²) in [6.07, 6.45) is -3.05. The summed E-state index contributed by atoms with van der Waals surface area (Å²) in [4.78, 5) is 25.6. The zero-order valence-electron chi connectivity index (χ0n) is 15.2. The molecule has 0 saturated carbocycles. The number of fused-ring (bicyclic) bond motifs is 1. The molecule has 2 heterocycles. The Morgan fingerprint density at radius 2 is 1.86 bits per heavy atom. The number of hydrazine groups is 1. The van der Waals surface area contributed by atoms with E-state index in [-0.39, 0.29) is 5.91 Å².